The van der Waals surface area contributed by atoms with E-state index in [0.29, 0.717) is 30.7 Å². The molecule has 0 unspecified atom stereocenters. The number of anilines is 1. The summed E-state index contributed by atoms with van der Waals surface area (Å²) in [6.45, 7) is 0.880. The molecule has 1 amide bonds. The molecule has 0 saturated heterocycles. The summed E-state index contributed by atoms with van der Waals surface area (Å²) < 4.78 is 14.7. The molecule has 0 radical (unpaired) electrons. The van der Waals surface area contributed by atoms with Crippen LogP contribution in [0.25, 0.3) is 11.0 Å². The molecule has 148 valence electrons. The number of rotatable bonds is 4. The topological polar surface area (TPSA) is 96.2 Å². The molecule has 2 aliphatic rings. The van der Waals surface area contributed by atoms with E-state index in [0.717, 1.165) is 24.0 Å². The van der Waals surface area contributed by atoms with Crippen molar-refractivity contribution in [3.05, 3.63) is 63.3 Å². The number of aromatic nitrogens is 2. The summed E-state index contributed by atoms with van der Waals surface area (Å²) in [5.41, 5.74) is 2.36. The van der Waals surface area contributed by atoms with E-state index in [1.54, 1.807) is 18.3 Å². The lowest BCUT2D eigenvalue weighted by Crippen LogP contribution is -2.37. The minimum Gasteiger partial charge on any atom is -0.505 e. The van der Waals surface area contributed by atoms with Crippen molar-refractivity contribution < 1.29 is 14.3 Å². The van der Waals surface area contributed by atoms with Crippen molar-refractivity contribution in [1.82, 2.24) is 14.9 Å². The molecule has 0 atom stereocenters. The van der Waals surface area contributed by atoms with Crippen LogP contribution in [0.3, 0.4) is 0 Å². The number of benzene rings is 1. The standard InChI is InChI=1S/C21H19FN4O3/c22-13-3-1-11(2-4-13)9-12-10-24-17-18-16(12)23-7-8-26(18)21(29)15(19(17)27)20(28)25-14-5-6-14/h1-4,10,14,23,27H,5-9H2,(H,25,28). The van der Waals surface area contributed by atoms with Gasteiger partial charge in [0, 0.05) is 37.3 Å². The van der Waals surface area contributed by atoms with Gasteiger partial charge in [-0.2, -0.15) is 0 Å². The Morgan fingerprint density at radius 3 is 2.79 bits per heavy atom. The lowest BCUT2D eigenvalue weighted by molar-refractivity contribution is 0.0946. The maximum atomic E-state index is 13.2. The second-order valence-corrected chi connectivity index (χ2v) is 7.51. The van der Waals surface area contributed by atoms with Crippen LogP contribution in [0, 0.1) is 5.82 Å². The van der Waals surface area contributed by atoms with Gasteiger partial charge in [-0.15, -0.1) is 0 Å². The average Bonchev–Trinajstić information content (AvgIpc) is 3.52. The number of nitrogens with one attached hydrogen (secondary N) is 2. The number of carbonyl (C=O) groups excluding carboxylic acids is 1. The Kier molecular flexibility index (Phi) is 4.01. The molecule has 7 nitrogen and oxygen atoms in total. The van der Waals surface area contributed by atoms with Gasteiger partial charge in [-0.1, -0.05) is 12.1 Å². The fraction of sp³-hybridized carbons (Fsp3) is 0.286. The Morgan fingerprint density at radius 1 is 1.31 bits per heavy atom. The molecule has 1 aliphatic carbocycles. The van der Waals surface area contributed by atoms with Crippen molar-refractivity contribution in [2.45, 2.75) is 31.8 Å². The average molecular weight is 394 g/mol. The molecule has 1 fully saturated rings. The van der Waals surface area contributed by atoms with Crippen molar-refractivity contribution in [1.29, 1.82) is 0 Å². The van der Waals surface area contributed by atoms with E-state index in [4.69, 9.17) is 0 Å². The van der Waals surface area contributed by atoms with Crippen molar-refractivity contribution in [2.75, 3.05) is 11.9 Å². The monoisotopic (exact) mass is 394 g/mol. The second kappa shape index (κ2) is 6.58. The molecule has 29 heavy (non-hydrogen) atoms. The fourth-order valence-electron chi connectivity index (χ4n) is 3.78. The summed E-state index contributed by atoms with van der Waals surface area (Å²) in [6, 6.07) is 6.27. The number of pyridine rings is 2. The van der Waals surface area contributed by atoms with Gasteiger partial charge in [-0.05, 0) is 30.5 Å². The SMILES string of the molecule is O=C(NC1CC1)c1c(O)c2ncc(Cc3ccc(F)cc3)c3c2n(c1=O)CCN3. The van der Waals surface area contributed by atoms with Gasteiger partial charge in [0.15, 0.2) is 5.75 Å². The number of amides is 1. The summed E-state index contributed by atoms with van der Waals surface area (Å²) in [5, 5.41) is 16.8. The lowest BCUT2D eigenvalue weighted by Gasteiger charge is -2.24. The van der Waals surface area contributed by atoms with E-state index < -0.39 is 17.2 Å². The molecule has 1 aliphatic heterocycles. The minimum absolute atomic E-state index is 0.0709. The Balaban J connectivity index is 1.65. The van der Waals surface area contributed by atoms with Gasteiger partial charge in [0.1, 0.15) is 16.9 Å². The third kappa shape index (κ3) is 3.00. The van der Waals surface area contributed by atoms with Crippen LogP contribution >= 0.6 is 0 Å². The molecule has 8 heteroatoms. The molecule has 5 rings (SSSR count). The van der Waals surface area contributed by atoms with E-state index in [1.807, 2.05) is 0 Å². The normalized spacial score (nSPS) is 15.2. The summed E-state index contributed by atoms with van der Waals surface area (Å²) in [5.74, 6) is -1.25. The molecular weight excluding hydrogens is 375 g/mol. The molecule has 3 heterocycles. The number of hydrogen-bond acceptors (Lipinski definition) is 5. The lowest BCUT2D eigenvalue weighted by atomic mass is 10.0. The van der Waals surface area contributed by atoms with Crippen LogP contribution in [0.4, 0.5) is 10.1 Å². The highest BCUT2D eigenvalue weighted by molar-refractivity contribution is 6.04. The minimum atomic E-state index is -0.557. The number of aromatic hydroxyl groups is 1. The van der Waals surface area contributed by atoms with Gasteiger partial charge in [-0.3, -0.25) is 14.6 Å². The zero-order valence-corrected chi connectivity index (χ0v) is 15.5. The van der Waals surface area contributed by atoms with Crippen LogP contribution in [0.15, 0.2) is 35.3 Å². The molecule has 0 bridgehead atoms. The molecule has 1 aromatic carbocycles. The number of hydrogen-bond donors (Lipinski definition) is 3. The third-order valence-corrected chi connectivity index (χ3v) is 5.41. The van der Waals surface area contributed by atoms with Crippen molar-refractivity contribution in [2.24, 2.45) is 0 Å². The van der Waals surface area contributed by atoms with Crippen LogP contribution in [-0.2, 0) is 13.0 Å². The van der Waals surface area contributed by atoms with Crippen LogP contribution in [0.5, 0.6) is 5.75 Å². The Morgan fingerprint density at radius 2 is 2.07 bits per heavy atom. The highest BCUT2D eigenvalue weighted by Gasteiger charge is 2.30. The van der Waals surface area contributed by atoms with Gasteiger partial charge in [0.05, 0.1) is 11.2 Å². The van der Waals surface area contributed by atoms with E-state index >= 15 is 0 Å². The second-order valence-electron chi connectivity index (χ2n) is 7.51. The highest BCUT2D eigenvalue weighted by Crippen LogP contribution is 2.34. The Bertz CT molecular complexity index is 1200. The van der Waals surface area contributed by atoms with Gasteiger partial charge >= 0.3 is 0 Å². The molecular formula is C21H19FN4O3. The molecule has 3 N–H and O–H groups in total. The predicted octanol–water partition coefficient (Wildman–Crippen LogP) is 2.15. The fourth-order valence-corrected chi connectivity index (χ4v) is 3.78. The highest BCUT2D eigenvalue weighted by atomic mass is 19.1. The third-order valence-electron chi connectivity index (χ3n) is 5.41. The maximum absolute atomic E-state index is 13.2. The van der Waals surface area contributed by atoms with E-state index in [9.17, 15) is 19.1 Å². The van der Waals surface area contributed by atoms with E-state index in [2.05, 4.69) is 15.6 Å². The quantitative estimate of drug-likeness (QED) is 0.630. The van der Waals surface area contributed by atoms with Crippen molar-refractivity contribution in [3.63, 3.8) is 0 Å². The van der Waals surface area contributed by atoms with Gasteiger partial charge in [0.25, 0.3) is 11.5 Å². The first-order chi connectivity index (χ1) is 14.0. The Labute approximate surface area is 165 Å². The van der Waals surface area contributed by atoms with Crippen molar-refractivity contribution in [3.8, 4) is 5.75 Å². The first kappa shape index (κ1) is 17.7. The molecule has 0 spiro atoms. The molecule has 3 aromatic rings. The van der Waals surface area contributed by atoms with Crippen LogP contribution in [0.1, 0.15) is 34.3 Å². The van der Waals surface area contributed by atoms with Gasteiger partial charge in [-0.25, -0.2) is 4.39 Å². The first-order valence-electron chi connectivity index (χ1n) is 9.59. The zero-order valence-electron chi connectivity index (χ0n) is 15.5. The number of halogens is 1. The number of carbonyl (C=O) groups is 1. The van der Waals surface area contributed by atoms with Crippen LogP contribution in [-0.4, -0.2) is 33.2 Å². The van der Waals surface area contributed by atoms with Crippen LogP contribution < -0.4 is 16.2 Å². The number of nitrogens with zero attached hydrogens (tertiary/aromatic N) is 2. The van der Waals surface area contributed by atoms with E-state index in [-0.39, 0.29) is 22.9 Å². The largest absolute Gasteiger partial charge is 0.505 e. The summed E-state index contributed by atoms with van der Waals surface area (Å²) in [4.78, 5) is 29.9. The molecule has 2 aromatic heterocycles. The van der Waals surface area contributed by atoms with Crippen molar-refractivity contribution >= 4 is 22.6 Å². The van der Waals surface area contributed by atoms with Crippen LogP contribution in [0.2, 0.25) is 0 Å². The summed E-state index contributed by atoms with van der Waals surface area (Å²) >= 11 is 0. The van der Waals surface area contributed by atoms with Gasteiger partial charge in [0.2, 0.25) is 0 Å². The predicted molar refractivity (Wildman–Crippen MR) is 106 cm³/mol. The Hall–Kier alpha value is -3.42. The van der Waals surface area contributed by atoms with E-state index in [1.165, 1.54) is 16.7 Å². The first-order valence-corrected chi connectivity index (χ1v) is 9.59. The summed E-state index contributed by atoms with van der Waals surface area (Å²) in [7, 11) is 0. The van der Waals surface area contributed by atoms with Gasteiger partial charge < -0.3 is 20.3 Å². The molecule has 1 saturated carbocycles. The zero-order chi connectivity index (χ0) is 20.1. The maximum Gasteiger partial charge on any atom is 0.267 e. The summed E-state index contributed by atoms with van der Waals surface area (Å²) in [6.07, 6.45) is 3.88. The smallest absolute Gasteiger partial charge is 0.267 e.